The van der Waals surface area contributed by atoms with Crippen LogP contribution < -0.4 is 0 Å². The molecule has 50 valence electrons. The molecule has 0 aliphatic heterocycles. The van der Waals surface area contributed by atoms with Crippen molar-refractivity contribution in [1.29, 1.82) is 5.26 Å². The zero-order chi connectivity index (χ0) is 7.33. The molecule has 0 unspecified atom stereocenters. The van der Waals surface area contributed by atoms with Gasteiger partial charge in [-0.05, 0) is 6.04 Å². The molecule has 0 bridgehead atoms. The van der Waals surface area contributed by atoms with Crippen molar-refractivity contribution in [2.24, 2.45) is 0 Å². The first-order chi connectivity index (χ1) is 4.06. The molecule has 0 fully saturated rings. The van der Waals surface area contributed by atoms with E-state index in [1.165, 1.54) is 0 Å². The average Bonchev–Trinajstić information content (AvgIpc) is 1.63. The van der Waals surface area contributed by atoms with Crippen LogP contribution in [-0.2, 0) is 0 Å². The summed E-state index contributed by atoms with van der Waals surface area (Å²) in [5.74, 6) is 0. The fourth-order valence-electron chi connectivity index (χ4n) is 0.465. The highest BCUT2D eigenvalue weighted by Gasteiger charge is 2.08. The van der Waals surface area contributed by atoms with Gasteiger partial charge in [0.2, 0.25) is 0 Å². The van der Waals surface area contributed by atoms with Gasteiger partial charge in [-0.2, -0.15) is 5.26 Å². The van der Waals surface area contributed by atoms with Crippen molar-refractivity contribution in [1.82, 2.24) is 0 Å². The third kappa shape index (κ3) is 7.45. The zero-order valence-electron chi connectivity index (χ0n) is 6.31. The summed E-state index contributed by atoms with van der Waals surface area (Å²) in [6.45, 7) is 6.86. The molecule has 0 aromatic heterocycles. The van der Waals surface area contributed by atoms with Crippen LogP contribution in [-0.4, -0.2) is 8.07 Å². The van der Waals surface area contributed by atoms with Gasteiger partial charge in [-0.25, -0.2) is 0 Å². The van der Waals surface area contributed by atoms with Gasteiger partial charge in [0.1, 0.15) is 0 Å². The SMILES string of the molecule is C[Si](C)(C)C/C=C\C#N. The highest BCUT2D eigenvalue weighted by atomic mass is 28.3. The highest BCUT2D eigenvalue weighted by molar-refractivity contribution is 6.76. The molecule has 0 aliphatic rings. The van der Waals surface area contributed by atoms with Crippen LogP contribution in [0.1, 0.15) is 0 Å². The predicted molar refractivity (Wildman–Crippen MR) is 42.9 cm³/mol. The molecule has 0 heterocycles. The lowest BCUT2D eigenvalue weighted by atomic mass is 10.6. The molecule has 0 amide bonds. The lowest BCUT2D eigenvalue weighted by Crippen LogP contribution is -2.17. The molecular weight excluding hydrogens is 126 g/mol. The first-order valence-corrected chi connectivity index (χ1v) is 6.81. The van der Waals surface area contributed by atoms with E-state index < -0.39 is 8.07 Å². The van der Waals surface area contributed by atoms with Gasteiger partial charge in [-0.3, -0.25) is 0 Å². The van der Waals surface area contributed by atoms with Gasteiger partial charge >= 0.3 is 0 Å². The van der Waals surface area contributed by atoms with Gasteiger partial charge in [0, 0.05) is 14.1 Å². The maximum absolute atomic E-state index is 8.14. The van der Waals surface area contributed by atoms with Crippen LogP contribution in [0.5, 0.6) is 0 Å². The Hall–Kier alpha value is -0.553. The summed E-state index contributed by atoms with van der Waals surface area (Å²) in [5, 5.41) is 8.14. The van der Waals surface area contributed by atoms with E-state index in [4.69, 9.17) is 5.26 Å². The summed E-state index contributed by atoms with van der Waals surface area (Å²) in [5.41, 5.74) is 0. The molecule has 9 heavy (non-hydrogen) atoms. The lowest BCUT2D eigenvalue weighted by Gasteiger charge is -2.10. The molecule has 0 saturated carbocycles. The van der Waals surface area contributed by atoms with Crippen molar-refractivity contribution in [2.75, 3.05) is 0 Å². The maximum Gasteiger partial charge on any atom is 0.0908 e. The van der Waals surface area contributed by atoms with Crippen LogP contribution in [0.25, 0.3) is 0 Å². The second-order valence-corrected chi connectivity index (χ2v) is 8.83. The standard InChI is InChI=1S/C7H13NSi/c1-9(2,3)7-5-4-6-8/h4-5H,7H2,1-3H3/b5-4-. The van der Waals surface area contributed by atoms with Gasteiger partial charge in [0.05, 0.1) is 6.07 Å². The van der Waals surface area contributed by atoms with Crippen molar-refractivity contribution in [3.8, 4) is 6.07 Å². The lowest BCUT2D eigenvalue weighted by molar-refractivity contribution is 1.49. The minimum Gasteiger partial charge on any atom is -0.193 e. The Labute approximate surface area is 58.0 Å². The molecule has 0 rings (SSSR count). The number of allylic oxidation sites excluding steroid dienone is 2. The summed E-state index contributed by atoms with van der Waals surface area (Å²) < 4.78 is 0. The van der Waals surface area contributed by atoms with Gasteiger partial charge < -0.3 is 0 Å². The van der Waals surface area contributed by atoms with E-state index in [1.807, 2.05) is 12.1 Å². The van der Waals surface area contributed by atoms with Crippen LogP contribution >= 0.6 is 0 Å². The minimum atomic E-state index is -0.932. The topological polar surface area (TPSA) is 23.8 Å². The summed E-state index contributed by atoms with van der Waals surface area (Å²) in [4.78, 5) is 0. The van der Waals surface area contributed by atoms with E-state index in [1.54, 1.807) is 6.08 Å². The summed E-state index contributed by atoms with van der Waals surface area (Å²) in [6, 6.07) is 3.09. The molecule has 0 saturated heterocycles. The fraction of sp³-hybridized carbons (Fsp3) is 0.571. The largest absolute Gasteiger partial charge is 0.193 e. The second-order valence-electron chi connectivity index (χ2n) is 3.30. The normalized spacial score (nSPS) is 11.8. The van der Waals surface area contributed by atoms with E-state index in [-0.39, 0.29) is 0 Å². The van der Waals surface area contributed by atoms with E-state index in [2.05, 4.69) is 19.6 Å². The van der Waals surface area contributed by atoms with Crippen LogP contribution in [0.2, 0.25) is 25.7 Å². The monoisotopic (exact) mass is 139 g/mol. The van der Waals surface area contributed by atoms with Crippen LogP contribution in [0.15, 0.2) is 12.2 Å². The van der Waals surface area contributed by atoms with E-state index in [0.717, 1.165) is 6.04 Å². The van der Waals surface area contributed by atoms with E-state index in [9.17, 15) is 0 Å². The van der Waals surface area contributed by atoms with Crippen molar-refractivity contribution in [2.45, 2.75) is 25.7 Å². The van der Waals surface area contributed by atoms with Crippen LogP contribution in [0, 0.1) is 11.3 Å². The molecule has 0 atom stereocenters. The maximum atomic E-state index is 8.14. The number of rotatable bonds is 2. The molecule has 0 spiro atoms. The van der Waals surface area contributed by atoms with Gasteiger partial charge in [0.15, 0.2) is 0 Å². The Morgan fingerprint density at radius 2 is 2.00 bits per heavy atom. The highest BCUT2D eigenvalue weighted by Crippen LogP contribution is 2.07. The number of nitrogens with zero attached hydrogens (tertiary/aromatic N) is 1. The smallest absolute Gasteiger partial charge is 0.0908 e. The number of hydrogen-bond acceptors (Lipinski definition) is 1. The van der Waals surface area contributed by atoms with Gasteiger partial charge in [-0.15, -0.1) is 0 Å². The zero-order valence-corrected chi connectivity index (χ0v) is 7.31. The molecule has 0 aliphatic carbocycles. The molecular formula is C7H13NSi. The van der Waals surface area contributed by atoms with E-state index >= 15 is 0 Å². The summed E-state index contributed by atoms with van der Waals surface area (Å²) in [7, 11) is -0.932. The number of nitriles is 1. The third-order valence-corrected chi connectivity index (χ3v) is 2.38. The second kappa shape index (κ2) is 3.47. The molecule has 1 nitrogen and oxygen atoms in total. The Morgan fingerprint density at radius 1 is 1.44 bits per heavy atom. The fourth-order valence-corrected chi connectivity index (χ4v) is 1.29. The van der Waals surface area contributed by atoms with Gasteiger partial charge in [-0.1, -0.05) is 25.7 Å². The van der Waals surface area contributed by atoms with Crippen molar-refractivity contribution in [3.05, 3.63) is 12.2 Å². The quantitative estimate of drug-likeness (QED) is 0.426. The summed E-state index contributed by atoms with van der Waals surface area (Å²) >= 11 is 0. The Kier molecular flexibility index (Phi) is 3.26. The molecule has 0 N–H and O–H groups in total. The minimum absolute atomic E-state index is 0.932. The first-order valence-electron chi connectivity index (χ1n) is 3.11. The Bertz CT molecular complexity index is 136. The third-order valence-electron chi connectivity index (χ3n) is 0.923. The number of hydrogen-bond donors (Lipinski definition) is 0. The van der Waals surface area contributed by atoms with Crippen LogP contribution in [0.4, 0.5) is 0 Å². The molecule has 2 heteroatoms. The molecule has 0 aromatic carbocycles. The molecule has 0 aromatic rings. The summed E-state index contributed by atoms with van der Waals surface area (Å²) in [6.07, 6.45) is 3.53. The van der Waals surface area contributed by atoms with Crippen molar-refractivity contribution >= 4 is 8.07 Å². The Morgan fingerprint density at radius 3 is 2.33 bits per heavy atom. The van der Waals surface area contributed by atoms with Crippen LogP contribution in [0.3, 0.4) is 0 Å². The average molecular weight is 139 g/mol. The first kappa shape index (κ1) is 8.45. The van der Waals surface area contributed by atoms with E-state index in [0.29, 0.717) is 0 Å². The Balaban J connectivity index is 3.54. The molecule has 0 radical (unpaired) electrons. The van der Waals surface area contributed by atoms with Gasteiger partial charge in [0.25, 0.3) is 0 Å². The van der Waals surface area contributed by atoms with Crippen molar-refractivity contribution in [3.63, 3.8) is 0 Å². The van der Waals surface area contributed by atoms with Crippen molar-refractivity contribution < 1.29 is 0 Å². The predicted octanol–water partition coefficient (Wildman–Crippen LogP) is 2.40.